The summed E-state index contributed by atoms with van der Waals surface area (Å²) < 4.78 is 26.8. The Hall–Kier alpha value is -3.01. The Labute approximate surface area is 186 Å². The van der Waals surface area contributed by atoms with Crippen LogP contribution in [0.15, 0.2) is 35.1 Å². The number of anilines is 1. The first-order chi connectivity index (χ1) is 15.3. The van der Waals surface area contributed by atoms with Gasteiger partial charge in [-0.2, -0.15) is 10.2 Å². The molecule has 1 amide bonds. The minimum Gasteiger partial charge on any atom is -0.305 e. The summed E-state index contributed by atoms with van der Waals surface area (Å²) in [7, 11) is -3.11. The molecule has 9 nitrogen and oxygen atoms in total. The molecule has 1 fully saturated rings. The van der Waals surface area contributed by atoms with Crippen LogP contribution in [0.25, 0.3) is 10.8 Å². The Morgan fingerprint density at radius 1 is 1.19 bits per heavy atom. The molecule has 170 valence electrons. The number of hydrogen-bond acceptors (Lipinski definition) is 6. The Balaban J connectivity index is 1.69. The summed E-state index contributed by atoms with van der Waals surface area (Å²) in [6.45, 7) is 4.31. The molecule has 1 saturated heterocycles. The molecule has 1 aliphatic heterocycles. The van der Waals surface area contributed by atoms with Gasteiger partial charge in [0.2, 0.25) is 0 Å². The third-order valence-electron chi connectivity index (χ3n) is 5.71. The lowest BCUT2D eigenvalue weighted by atomic mass is 10.1. The van der Waals surface area contributed by atoms with Crippen molar-refractivity contribution >= 4 is 32.3 Å². The van der Waals surface area contributed by atoms with E-state index in [0.29, 0.717) is 35.2 Å². The van der Waals surface area contributed by atoms with Crippen LogP contribution in [0, 0.1) is 6.92 Å². The smallest absolute Gasteiger partial charge is 0.277 e. The molecule has 0 bridgehead atoms. The lowest BCUT2D eigenvalue weighted by molar-refractivity contribution is 0.102. The van der Waals surface area contributed by atoms with Crippen molar-refractivity contribution in [1.29, 1.82) is 0 Å². The first kappa shape index (κ1) is 22.2. The molecule has 1 aromatic carbocycles. The molecular weight excluding hydrogens is 430 g/mol. The van der Waals surface area contributed by atoms with E-state index >= 15 is 0 Å². The molecule has 1 atom stereocenters. The summed E-state index contributed by atoms with van der Waals surface area (Å²) in [5.41, 5.74) is 0.610. The number of aryl methyl sites for hydroxylation is 2. The number of carbonyl (C=O) groups excluding carboxylic acids is 1. The Morgan fingerprint density at radius 2 is 1.94 bits per heavy atom. The van der Waals surface area contributed by atoms with Crippen molar-refractivity contribution in [2.75, 3.05) is 16.8 Å². The van der Waals surface area contributed by atoms with Crippen LogP contribution >= 0.6 is 0 Å². The number of carbonyl (C=O) groups is 1. The third-order valence-corrected chi connectivity index (χ3v) is 7.46. The van der Waals surface area contributed by atoms with E-state index in [2.05, 4.69) is 22.4 Å². The van der Waals surface area contributed by atoms with E-state index in [4.69, 9.17) is 0 Å². The van der Waals surface area contributed by atoms with Gasteiger partial charge in [-0.15, -0.1) is 0 Å². The number of hydrogen-bond donors (Lipinski definition) is 1. The fourth-order valence-electron chi connectivity index (χ4n) is 4.10. The maximum Gasteiger partial charge on any atom is 0.277 e. The van der Waals surface area contributed by atoms with Crippen LogP contribution in [0.3, 0.4) is 0 Å². The van der Waals surface area contributed by atoms with Gasteiger partial charge < -0.3 is 5.32 Å². The van der Waals surface area contributed by atoms with Crippen molar-refractivity contribution in [1.82, 2.24) is 19.6 Å². The second kappa shape index (κ2) is 8.85. The van der Waals surface area contributed by atoms with Crippen molar-refractivity contribution in [3.63, 3.8) is 0 Å². The van der Waals surface area contributed by atoms with Gasteiger partial charge in [0, 0.05) is 18.0 Å². The minimum atomic E-state index is -3.11. The van der Waals surface area contributed by atoms with Gasteiger partial charge in [0.15, 0.2) is 15.5 Å². The van der Waals surface area contributed by atoms with Gasteiger partial charge >= 0.3 is 0 Å². The predicted molar refractivity (Wildman–Crippen MR) is 123 cm³/mol. The standard InChI is InChI=1S/C22H27N5O4S/c1-3-4-7-11-26-22(29)18-9-6-5-8-17(18)20(25-26)21(28)23-19-13-15(2)24-27(19)16-10-12-32(30,31)14-16/h5-6,8-9,13,16H,3-4,7,10-12,14H2,1-2H3,(H,23,28)/t16-/m1/s1. The Kier molecular flexibility index (Phi) is 6.14. The molecule has 2 aromatic heterocycles. The van der Waals surface area contributed by atoms with E-state index in [1.54, 1.807) is 41.9 Å². The first-order valence-electron chi connectivity index (χ1n) is 10.9. The number of benzene rings is 1. The van der Waals surface area contributed by atoms with Gasteiger partial charge in [-0.3, -0.25) is 9.59 Å². The van der Waals surface area contributed by atoms with Gasteiger partial charge in [0.25, 0.3) is 11.5 Å². The van der Waals surface area contributed by atoms with Crippen molar-refractivity contribution in [2.45, 2.75) is 52.1 Å². The molecule has 32 heavy (non-hydrogen) atoms. The average Bonchev–Trinajstić information content (AvgIpc) is 3.30. The second-order valence-electron chi connectivity index (χ2n) is 8.26. The summed E-state index contributed by atoms with van der Waals surface area (Å²) in [5, 5.41) is 12.6. The fourth-order valence-corrected chi connectivity index (χ4v) is 5.79. The van der Waals surface area contributed by atoms with Crippen LogP contribution in [0.2, 0.25) is 0 Å². The van der Waals surface area contributed by atoms with Crippen molar-refractivity contribution in [2.24, 2.45) is 0 Å². The van der Waals surface area contributed by atoms with Gasteiger partial charge in [-0.05, 0) is 25.8 Å². The summed E-state index contributed by atoms with van der Waals surface area (Å²) in [5.74, 6) is 0.0657. The zero-order valence-corrected chi connectivity index (χ0v) is 19.1. The summed E-state index contributed by atoms with van der Waals surface area (Å²) in [6.07, 6.45) is 3.22. The van der Waals surface area contributed by atoms with Gasteiger partial charge in [-0.1, -0.05) is 38.0 Å². The van der Waals surface area contributed by atoms with Crippen molar-refractivity contribution < 1.29 is 13.2 Å². The molecule has 0 saturated carbocycles. The number of amides is 1. The molecular formula is C22H27N5O4S. The van der Waals surface area contributed by atoms with E-state index < -0.39 is 15.7 Å². The molecule has 0 aliphatic carbocycles. The Morgan fingerprint density at radius 3 is 2.62 bits per heavy atom. The molecule has 0 unspecified atom stereocenters. The molecule has 1 N–H and O–H groups in total. The Bertz CT molecular complexity index is 1330. The second-order valence-corrected chi connectivity index (χ2v) is 10.5. The highest BCUT2D eigenvalue weighted by molar-refractivity contribution is 7.91. The third kappa shape index (κ3) is 4.45. The van der Waals surface area contributed by atoms with Gasteiger partial charge in [0.1, 0.15) is 5.82 Å². The van der Waals surface area contributed by atoms with Crippen LogP contribution < -0.4 is 10.9 Å². The summed E-state index contributed by atoms with van der Waals surface area (Å²) in [6, 6.07) is 8.32. The minimum absolute atomic E-state index is 0.000475. The molecule has 4 rings (SSSR count). The molecule has 1 aliphatic rings. The number of unbranched alkanes of at least 4 members (excludes halogenated alkanes) is 2. The number of nitrogens with one attached hydrogen (secondary N) is 1. The lowest BCUT2D eigenvalue weighted by Gasteiger charge is -2.15. The summed E-state index contributed by atoms with van der Waals surface area (Å²) in [4.78, 5) is 26.1. The number of rotatable bonds is 7. The summed E-state index contributed by atoms with van der Waals surface area (Å²) >= 11 is 0. The zero-order chi connectivity index (χ0) is 22.9. The van der Waals surface area contributed by atoms with Crippen LogP contribution in [0.5, 0.6) is 0 Å². The van der Waals surface area contributed by atoms with Crippen LogP contribution in [0.4, 0.5) is 5.82 Å². The molecule has 0 spiro atoms. The highest BCUT2D eigenvalue weighted by atomic mass is 32.2. The van der Waals surface area contributed by atoms with Gasteiger partial charge in [-0.25, -0.2) is 17.8 Å². The van der Waals surface area contributed by atoms with Crippen molar-refractivity contribution in [3.05, 3.63) is 52.1 Å². The van der Waals surface area contributed by atoms with Crippen LogP contribution in [-0.2, 0) is 16.4 Å². The molecule has 3 heterocycles. The van der Waals surface area contributed by atoms with E-state index in [0.717, 1.165) is 19.3 Å². The van der Waals surface area contributed by atoms with Crippen LogP contribution in [-0.4, -0.2) is 45.4 Å². The van der Waals surface area contributed by atoms with E-state index in [1.807, 2.05) is 0 Å². The van der Waals surface area contributed by atoms with E-state index in [-0.39, 0.29) is 28.8 Å². The maximum absolute atomic E-state index is 13.3. The molecule has 10 heteroatoms. The number of nitrogens with zero attached hydrogens (tertiary/aromatic N) is 4. The first-order valence-corrected chi connectivity index (χ1v) is 12.7. The highest BCUT2D eigenvalue weighted by Crippen LogP contribution is 2.27. The molecule has 0 radical (unpaired) electrons. The average molecular weight is 458 g/mol. The molecule has 3 aromatic rings. The quantitative estimate of drug-likeness (QED) is 0.546. The normalized spacial score (nSPS) is 17.6. The van der Waals surface area contributed by atoms with Crippen molar-refractivity contribution in [3.8, 4) is 0 Å². The SMILES string of the molecule is CCCCCn1nc(C(=O)Nc2cc(C)nn2[C@@H]2CCS(=O)(=O)C2)c2ccccc2c1=O. The monoisotopic (exact) mass is 457 g/mol. The largest absolute Gasteiger partial charge is 0.305 e. The van der Waals surface area contributed by atoms with Gasteiger partial charge in [0.05, 0.1) is 28.6 Å². The topological polar surface area (TPSA) is 116 Å². The van der Waals surface area contributed by atoms with Crippen LogP contribution in [0.1, 0.15) is 54.8 Å². The zero-order valence-electron chi connectivity index (χ0n) is 18.2. The lowest BCUT2D eigenvalue weighted by Crippen LogP contribution is -2.28. The highest BCUT2D eigenvalue weighted by Gasteiger charge is 2.31. The predicted octanol–water partition coefficient (Wildman–Crippen LogP) is 2.70. The van der Waals surface area contributed by atoms with E-state index in [1.165, 1.54) is 4.68 Å². The fraction of sp³-hybridized carbons (Fsp3) is 0.455. The number of fused-ring (bicyclic) bond motifs is 1. The number of aromatic nitrogens is 4. The maximum atomic E-state index is 13.3. The van der Waals surface area contributed by atoms with E-state index in [9.17, 15) is 18.0 Å². The number of sulfone groups is 1.